The van der Waals surface area contributed by atoms with Crippen molar-refractivity contribution in [3.8, 4) is 41.2 Å². The van der Waals surface area contributed by atoms with E-state index in [9.17, 15) is 19.0 Å². The predicted octanol–water partition coefficient (Wildman–Crippen LogP) is 5.49. The number of hydrogen-bond acceptors (Lipinski definition) is 9. The van der Waals surface area contributed by atoms with Crippen LogP contribution in [0.15, 0.2) is 24.3 Å². The number of fused-ring (bicyclic) bond motifs is 3. The number of pyridine rings is 1. The van der Waals surface area contributed by atoms with E-state index in [0.717, 1.165) is 19.4 Å². The van der Waals surface area contributed by atoms with Gasteiger partial charge in [0.05, 0.1) is 22.8 Å². The number of nitrogens with zero attached hydrogens (tertiary/aromatic N) is 4. The number of benzene rings is 2. The molecule has 9 nitrogen and oxygen atoms in total. The van der Waals surface area contributed by atoms with Crippen molar-refractivity contribution in [3.63, 3.8) is 0 Å². The summed E-state index contributed by atoms with van der Waals surface area (Å²) in [6.07, 6.45) is 7.50. The summed E-state index contributed by atoms with van der Waals surface area (Å²) in [7, 11) is 0. The number of rotatable bonds is 9. The summed E-state index contributed by atoms with van der Waals surface area (Å²) in [5.41, 5.74) is -1.99. The molecule has 3 aliphatic rings. The molecular formula is C34H34F3N5O4. The molecule has 3 N–H and O–H groups in total. The summed E-state index contributed by atoms with van der Waals surface area (Å²) in [6.45, 7) is 4.90. The number of aliphatic hydroxyl groups is 1. The number of phenolic OH excluding ortho intramolecular Hbond substituents is 1. The topological polar surface area (TPSA) is 113 Å². The van der Waals surface area contributed by atoms with Gasteiger partial charge >= 0.3 is 6.01 Å². The molecule has 7 rings (SSSR count). The molecule has 2 aromatic heterocycles. The minimum atomic E-state index is -0.963. The first-order chi connectivity index (χ1) is 22.0. The van der Waals surface area contributed by atoms with Gasteiger partial charge in [0.25, 0.3) is 0 Å². The zero-order valence-corrected chi connectivity index (χ0v) is 25.5. The zero-order chi connectivity index (χ0) is 32.4. The van der Waals surface area contributed by atoms with Crippen LogP contribution in [0.5, 0.6) is 17.6 Å². The second-order valence-electron chi connectivity index (χ2n) is 12.9. The molecule has 2 saturated heterocycles. The van der Waals surface area contributed by atoms with Crippen molar-refractivity contribution < 1.29 is 32.9 Å². The van der Waals surface area contributed by atoms with Crippen LogP contribution in [-0.4, -0.2) is 79.7 Å². The van der Waals surface area contributed by atoms with Crippen LogP contribution in [0, 0.1) is 24.0 Å². The highest BCUT2D eigenvalue weighted by Gasteiger charge is 2.49. The quantitative estimate of drug-likeness (QED) is 0.206. The normalized spacial score (nSPS) is 21.9. The van der Waals surface area contributed by atoms with Gasteiger partial charge in [-0.25, -0.2) is 18.2 Å². The van der Waals surface area contributed by atoms with E-state index < -0.39 is 35.1 Å². The monoisotopic (exact) mass is 633 g/mol. The molecule has 4 heterocycles. The summed E-state index contributed by atoms with van der Waals surface area (Å²) in [5, 5.41) is 25.0. The molecule has 4 aromatic rings. The van der Waals surface area contributed by atoms with Gasteiger partial charge in [-0.15, -0.1) is 6.42 Å². The average molecular weight is 634 g/mol. The van der Waals surface area contributed by atoms with E-state index in [-0.39, 0.29) is 69.7 Å². The fourth-order valence-corrected chi connectivity index (χ4v) is 6.77. The number of aromatic nitrogens is 3. The Morgan fingerprint density at radius 1 is 1.15 bits per heavy atom. The van der Waals surface area contributed by atoms with E-state index in [0.29, 0.717) is 31.2 Å². The molecular weight excluding hydrogens is 599 g/mol. The fourth-order valence-electron chi connectivity index (χ4n) is 6.77. The molecule has 2 aliphatic heterocycles. The SMILES string of the molecule is C#Cc1c(F)ccc2cc(O)cc(-c3nc(OC(C)C)c4c(NCC5(O)CC5)nc(OC[C@@]56CCCN5C[C@H](F)C6)nc4c3F)c12. The van der Waals surface area contributed by atoms with E-state index in [1.165, 1.54) is 24.3 Å². The van der Waals surface area contributed by atoms with Gasteiger partial charge in [0.2, 0.25) is 5.88 Å². The first-order valence-electron chi connectivity index (χ1n) is 15.5. The first kappa shape index (κ1) is 30.3. The number of nitrogens with one attached hydrogen (secondary N) is 1. The van der Waals surface area contributed by atoms with Gasteiger partial charge < -0.3 is 25.0 Å². The van der Waals surface area contributed by atoms with Gasteiger partial charge in [-0.3, -0.25) is 4.90 Å². The third-order valence-corrected chi connectivity index (χ3v) is 9.17. The lowest BCUT2D eigenvalue weighted by atomic mass is 9.95. The van der Waals surface area contributed by atoms with Crippen molar-refractivity contribution in [2.24, 2.45) is 0 Å². The third kappa shape index (κ3) is 5.31. The van der Waals surface area contributed by atoms with Crippen LogP contribution in [-0.2, 0) is 0 Å². The zero-order valence-electron chi connectivity index (χ0n) is 25.5. The van der Waals surface area contributed by atoms with Crippen molar-refractivity contribution in [2.45, 2.75) is 69.4 Å². The van der Waals surface area contributed by atoms with Crippen LogP contribution < -0.4 is 14.8 Å². The second-order valence-corrected chi connectivity index (χ2v) is 12.9. The van der Waals surface area contributed by atoms with E-state index in [1.54, 1.807) is 13.8 Å². The predicted molar refractivity (Wildman–Crippen MR) is 167 cm³/mol. The smallest absolute Gasteiger partial charge is 0.319 e. The van der Waals surface area contributed by atoms with Gasteiger partial charge in [-0.05, 0) is 69.7 Å². The minimum Gasteiger partial charge on any atom is -0.508 e. The average Bonchev–Trinajstić information content (AvgIpc) is 3.50. The maximum absolute atomic E-state index is 16.9. The van der Waals surface area contributed by atoms with Gasteiger partial charge in [-0.2, -0.15) is 9.97 Å². The number of aromatic hydroxyl groups is 1. The number of terminal acetylenes is 1. The minimum absolute atomic E-state index is 0.0231. The molecule has 2 aromatic carbocycles. The summed E-state index contributed by atoms with van der Waals surface area (Å²) in [5.74, 6) is 0.656. The maximum atomic E-state index is 16.9. The number of phenols is 1. The molecule has 1 saturated carbocycles. The molecule has 46 heavy (non-hydrogen) atoms. The Kier molecular flexibility index (Phi) is 7.36. The molecule has 0 amide bonds. The highest BCUT2D eigenvalue weighted by atomic mass is 19.1. The van der Waals surface area contributed by atoms with E-state index in [2.05, 4.69) is 31.1 Å². The van der Waals surface area contributed by atoms with Crippen LogP contribution in [0.1, 0.15) is 51.5 Å². The molecule has 0 unspecified atom stereocenters. The maximum Gasteiger partial charge on any atom is 0.319 e. The van der Waals surface area contributed by atoms with Crippen molar-refractivity contribution in [1.29, 1.82) is 0 Å². The van der Waals surface area contributed by atoms with E-state index in [1.807, 2.05) is 0 Å². The van der Waals surface area contributed by atoms with E-state index >= 15 is 4.39 Å². The van der Waals surface area contributed by atoms with Gasteiger partial charge in [0.15, 0.2) is 5.82 Å². The Bertz CT molecular complexity index is 1910. The van der Waals surface area contributed by atoms with Crippen LogP contribution in [0.4, 0.5) is 19.0 Å². The lowest BCUT2D eigenvalue weighted by Crippen LogP contribution is -2.43. The Morgan fingerprint density at radius 3 is 2.70 bits per heavy atom. The highest BCUT2D eigenvalue weighted by Crippen LogP contribution is 2.44. The summed E-state index contributed by atoms with van der Waals surface area (Å²) in [6, 6.07) is 5.14. The molecule has 12 heteroatoms. The van der Waals surface area contributed by atoms with Crippen molar-refractivity contribution >= 4 is 27.5 Å². The summed E-state index contributed by atoms with van der Waals surface area (Å²) < 4.78 is 58.4. The Hall–Kier alpha value is -4.34. The molecule has 0 radical (unpaired) electrons. The van der Waals surface area contributed by atoms with Crippen LogP contribution in [0.3, 0.4) is 0 Å². The number of halogens is 3. The number of alkyl halides is 1. The lowest BCUT2D eigenvalue weighted by Gasteiger charge is -2.30. The molecule has 0 spiro atoms. The fraction of sp³-hybridized carbons (Fsp3) is 0.441. The van der Waals surface area contributed by atoms with Crippen molar-refractivity contribution in [3.05, 3.63) is 41.5 Å². The third-order valence-electron chi connectivity index (χ3n) is 9.17. The molecule has 2 atom stereocenters. The summed E-state index contributed by atoms with van der Waals surface area (Å²) in [4.78, 5) is 15.7. The number of ether oxygens (including phenoxy) is 2. The van der Waals surface area contributed by atoms with Gasteiger partial charge in [0.1, 0.15) is 46.8 Å². The van der Waals surface area contributed by atoms with E-state index in [4.69, 9.17) is 15.9 Å². The second kappa shape index (κ2) is 11.2. The van der Waals surface area contributed by atoms with Crippen LogP contribution in [0.2, 0.25) is 0 Å². The number of anilines is 1. The highest BCUT2D eigenvalue weighted by molar-refractivity contribution is 6.04. The van der Waals surface area contributed by atoms with Crippen LogP contribution >= 0.6 is 0 Å². The first-order valence-corrected chi connectivity index (χ1v) is 15.5. The molecule has 0 bridgehead atoms. The standard InChI is InChI=1S/C34H34F3N5O4/c1-4-22-24(36)7-6-19-12-21(43)13-23(25(19)22)28-27(37)29-26(31(39-28)46-18(2)3)30(38-16-34(44)9-10-34)41-32(40-29)45-17-33-8-5-11-42(33)15-20(35)14-33/h1,6-7,12-13,18,20,43-44H,5,8-11,14-17H2,2-3H3,(H,38,40,41)/t20-,33+/m1/s1. The molecule has 240 valence electrons. The van der Waals surface area contributed by atoms with Gasteiger partial charge in [0, 0.05) is 30.5 Å². The van der Waals surface area contributed by atoms with Gasteiger partial charge in [-0.1, -0.05) is 12.0 Å². The van der Waals surface area contributed by atoms with Crippen molar-refractivity contribution in [1.82, 2.24) is 19.9 Å². The Morgan fingerprint density at radius 2 is 1.96 bits per heavy atom. The van der Waals surface area contributed by atoms with Crippen molar-refractivity contribution in [2.75, 3.05) is 31.6 Å². The Labute approximate surface area is 263 Å². The van der Waals surface area contributed by atoms with Crippen LogP contribution in [0.25, 0.3) is 32.9 Å². The molecule has 1 aliphatic carbocycles. The molecule has 3 fully saturated rings. The summed E-state index contributed by atoms with van der Waals surface area (Å²) >= 11 is 0. The Balaban J connectivity index is 1.43. The largest absolute Gasteiger partial charge is 0.508 e. The lowest BCUT2D eigenvalue weighted by molar-refractivity contribution is 0.107. The number of hydrogen-bond donors (Lipinski definition) is 3.